The van der Waals surface area contributed by atoms with Crippen LogP contribution in [-0.4, -0.2) is 24.5 Å². The van der Waals surface area contributed by atoms with Crippen LogP contribution in [0.4, 0.5) is 0 Å². The summed E-state index contributed by atoms with van der Waals surface area (Å²) in [7, 11) is 1.65. The van der Waals surface area contributed by atoms with Gasteiger partial charge in [-0.1, -0.05) is 26.0 Å². The standard InChI is InChI=1S/C18H26N2O2/c1-6-14-12(3)17(21)11(2)9-18(14,10-19)15-7-8-16(22-5)20-13(15)4/h6-8,11-12,16-17,20-21H,9H2,1-5H3/b14-6+/t11?,12-,16?,17+,18+/m1/s1. The third-order valence-electron chi connectivity index (χ3n) is 5.12. The van der Waals surface area contributed by atoms with Crippen molar-refractivity contribution >= 4 is 0 Å². The monoisotopic (exact) mass is 302 g/mol. The Morgan fingerprint density at radius 1 is 1.50 bits per heavy atom. The Morgan fingerprint density at radius 2 is 2.18 bits per heavy atom. The molecule has 1 aliphatic heterocycles. The number of nitriles is 1. The minimum Gasteiger partial charge on any atom is -0.392 e. The summed E-state index contributed by atoms with van der Waals surface area (Å²) >= 11 is 0. The van der Waals surface area contributed by atoms with Crippen molar-refractivity contribution in [3.05, 3.63) is 35.1 Å². The molecule has 0 aromatic carbocycles. The van der Waals surface area contributed by atoms with Crippen LogP contribution in [0.1, 0.15) is 34.1 Å². The van der Waals surface area contributed by atoms with Crippen LogP contribution in [-0.2, 0) is 4.74 Å². The minimum absolute atomic E-state index is 0.0257. The number of allylic oxidation sites excluding steroid dienone is 4. The minimum atomic E-state index is -0.681. The van der Waals surface area contributed by atoms with Crippen molar-refractivity contribution in [2.75, 3.05) is 7.11 Å². The van der Waals surface area contributed by atoms with Crippen molar-refractivity contribution < 1.29 is 9.84 Å². The molecule has 0 aromatic heterocycles. The van der Waals surface area contributed by atoms with Gasteiger partial charge in [0.25, 0.3) is 0 Å². The van der Waals surface area contributed by atoms with Gasteiger partial charge in [0.2, 0.25) is 0 Å². The molecule has 4 nitrogen and oxygen atoms in total. The molecule has 0 amide bonds. The quantitative estimate of drug-likeness (QED) is 0.770. The highest BCUT2D eigenvalue weighted by molar-refractivity contribution is 5.49. The molecule has 22 heavy (non-hydrogen) atoms. The van der Waals surface area contributed by atoms with E-state index in [9.17, 15) is 10.4 Å². The Hall–Kier alpha value is -1.57. The summed E-state index contributed by atoms with van der Waals surface area (Å²) in [6.07, 6.45) is 6.02. The van der Waals surface area contributed by atoms with Crippen LogP contribution in [0.15, 0.2) is 35.1 Å². The number of rotatable bonds is 2. The van der Waals surface area contributed by atoms with E-state index in [0.717, 1.165) is 16.8 Å². The second-order valence-corrected chi connectivity index (χ2v) is 6.42. The highest BCUT2D eigenvalue weighted by Gasteiger charge is 2.49. The van der Waals surface area contributed by atoms with E-state index in [1.165, 1.54) is 0 Å². The molecule has 0 spiro atoms. The molecule has 0 aromatic rings. The lowest BCUT2D eigenvalue weighted by Crippen LogP contribution is -2.45. The molecule has 1 heterocycles. The van der Waals surface area contributed by atoms with Crippen molar-refractivity contribution in [1.29, 1.82) is 5.26 Å². The van der Waals surface area contributed by atoms with Crippen molar-refractivity contribution in [3.63, 3.8) is 0 Å². The first-order valence-corrected chi connectivity index (χ1v) is 7.86. The number of nitrogens with zero attached hydrogens (tertiary/aromatic N) is 1. The molecule has 0 saturated heterocycles. The molecule has 2 rings (SSSR count). The van der Waals surface area contributed by atoms with Gasteiger partial charge in [-0.3, -0.25) is 0 Å². The molecule has 120 valence electrons. The topological polar surface area (TPSA) is 65.3 Å². The molecule has 1 aliphatic carbocycles. The van der Waals surface area contributed by atoms with E-state index in [2.05, 4.69) is 11.4 Å². The largest absolute Gasteiger partial charge is 0.392 e. The molecule has 0 bridgehead atoms. The summed E-state index contributed by atoms with van der Waals surface area (Å²) in [5.74, 6) is 0.0504. The van der Waals surface area contributed by atoms with Crippen LogP contribution >= 0.6 is 0 Å². The number of aliphatic hydroxyl groups is 1. The van der Waals surface area contributed by atoms with Crippen LogP contribution in [0, 0.1) is 28.6 Å². The van der Waals surface area contributed by atoms with E-state index in [1.54, 1.807) is 7.11 Å². The maximum absolute atomic E-state index is 10.4. The van der Waals surface area contributed by atoms with Gasteiger partial charge in [-0.25, -0.2) is 0 Å². The lowest BCUT2D eigenvalue weighted by atomic mass is 9.58. The van der Waals surface area contributed by atoms with E-state index < -0.39 is 11.5 Å². The van der Waals surface area contributed by atoms with Crippen LogP contribution in [0.5, 0.6) is 0 Å². The number of dihydropyridines is 1. The summed E-state index contributed by atoms with van der Waals surface area (Å²) in [5, 5.41) is 23.7. The fourth-order valence-corrected chi connectivity index (χ4v) is 3.98. The second kappa shape index (κ2) is 6.28. The van der Waals surface area contributed by atoms with E-state index in [0.29, 0.717) is 6.42 Å². The van der Waals surface area contributed by atoms with Crippen molar-refractivity contribution in [1.82, 2.24) is 5.32 Å². The SMILES string of the molecule is C/C=C1\[C@@H](C)[C@@H](O)C(C)C[C@@]1(C#N)C1=C(C)NC(OC)C=C1. The lowest BCUT2D eigenvalue weighted by molar-refractivity contribution is 0.0364. The maximum Gasteiger partial charge on any atom is 0.146 e. The zero-order valence-corrected chi connectivity index (χ0v) is 14.1. The van der Waals surface area contributed by atoms with Gasteiger partial charge in [-0.15, -0.1) is 0 Å². The zero-order valence-electron chi connectivity index (χ0n) is 14.1. The fourth-order valence-electron chi connectivity index (χ4n) is 3.98. The van der Waals surface area contributed by atoms with E-state index >= 15 is 0 Å². The van der Waals surface area contributed by atoms with Crippen molar-refractivity contribution in [3.8, 4) is 6.07 Å². The average Bonchev–Trinajstić information content (AvgIpc) is 2.52. The van der Waals surface area contributed by atoms with Crippen molar-refractivity contribution in [2.45, 2.75) is 46.4 Å². The summed E-state index contributed by atoms with van der Waals surface area (Å²) in [6, 6.07) is 2.56. The summed E-state index contributed by atoms with van der Waals surface area (Å²) in [5.41, 5.74) is 2.28. The van der Waals surface area contributed by atoms with Crippen LogP contribution in [0.3, 0.4) is 0 Å². The van der Waals surface area contributed by atoms with Gasteiger partial charge in [-0.2, -0.15) is 5.26 Å². The number of aliphatic hydroxyl groups excluding tert-OH is 1. The molecule has 5 atom stereocenters. The van der Waals surface area contributed by atoms with Crippen molar-refractivity contribution in [2.24, 2.45) is 17.3 Å². The predicted octanol–water partition coefficient (Wildman–Crippen LogP) is 2.89. The number of hydrogen-bond donors (Lipinski definition) is 2. The molecule has 2 aliphatic rings. The smallest absolute Gasteiger partial charge is 0.146 e. The highest BCUT2D eigenvalue weighted by Crippen LogP contribution is 2.52. The number of nitrogens with one attached hydrogen (secondary N) is 1. The molecular weight excluding hydrogens is 276 g/mol. The lowest BCUT2D eigenvalue weighted by Gasteiger charge is -2.45. The van der Waals surface area contributed by atoms with Crippen LogP contribution < -0.4 is 5.32 Å². The summed E-state index contributed by atoms with van der Waals surface area (Å²) in [4.78, 5) is 0. The summed E-state index contributed by atoms with van der Waals surface area (Å²) < 4.78 is 5.31. The average molecular weight is 302 g/mol. The molecule has 2 N–H and O–H groups in total. The predicted molar refractivity (Wildman–Crippen MR) is 86.5 cm³/mol. The third kappa shape index (κ3) is 2.49. The zero-order chi connectivity index (χ0) is 16.5. The number of methoxy groups -OCH3 is 1. The van der Waals surface area contributed by atoms with Gasteiger partial charge in [-0.05, 0) is 43.4 Å². The Kier molecular flexibility index (Phi) is 4.79. The van der Waals surface area contributed by atoms with Gasteiger partial charge in [0.1, 0.15) is 11.6 Å². The maximum atomic E-state index is 10.4. The van der Waals surface area contributed by atoms with Gasteiger partial charge in [0, 0.05) is 18.7 Å². The molecule has 1 fully saturated rings. The summed E-state index contributed by atoms with van der Waals surface area (Å²) in [6.45, 7) is 7.97. The third-order valence-corrected chi connectivity index (χ3v) is 5.12. The van der Waals surface area contributed by atoms with E-state index in [-0.39, 0.29) is 18.1 Å². The second-order valence-electron chi connectivity index (χ2n) is 6.42. The first-order valence-electron chi connectivity index (χ1n) is 7.86. The Labute approximate surface area is 133 Å². The van der Waals surface area contributed by atoms with Crippen LogP contribution in [0.2, 0.25) is 0 Å². The molecule has 1 saturated carbocycles. The molecule has 2 unspecified atom stereocenters. The first-order chi connectivity index (χ1) is 10.4. The highest BCUT2D eigenvalue weighted by atomic mass is 16.5. The van der Waals surface area contributed by atoms with Gasteiger partial charge in [0.05, 0.1) is 12.2 Å². The Morgan fingerprint density at radius 3 is 2.68 bits per heavy atom. The Balaban J connectivity index is 2.53. The van der Waals surface area contributed by atoms with E-state index in [1.807, 2.05) is 45.9 Å². The first kappa shape index (κ1) is 16.8. The van der Waals surface area contributed by atoms with Gasteiger partial charge < -0.3 is 15.2 Å². The molecular formula is C18H26N2O2. The van der Waals surface area contributed by atoms with E-state index in [4.69, 9.17) is 4.74 Å². The molecule has 4 heteroatoms. The molecule has 0 radical (unpaired) electrons. The Bertz CT molecular complexity index is 570. The van der Waals surface area contributed by atoms with Crippen LogP contribution in [0.25, 0.3) is 0 Å². The number of hydrogen-bond acceptors (Lipinski definition) is 4. The number of ether oxygens (including phenoxy) is 1. The normalized spacial score (nSPS) is 40.5. The van der Waals surface area contributed by atoms with Gasteiger partial charge in [0.15, 0.2) is 0 Å². The van der Waals surface area contributed by atoms with Gasteiger partial charge >= 0.3 is 0 Å². The fraction of sp³-hybridized carbons (Fsp3) is 0.611.